The van der Waals surface area contributed by atoms with Gasteiger partial charge in [0.25, 0.3) is 5.91 Å². The van der Waals surface area contributed by atoms with Crippen molar-refractivity contribution in [2.75, 3.05) is 18.5 Å². The standard InChI is InChI=1S/C12H20N4O2/c1-12(2,6-3-7-17)8-14-10-5-4-9(11(13)18)15-16-10/h4-5,17H,3,6-8H2,1-2H3,(H2,13,18)(H,14,16). The Balaban J connectivity index is 2.50. The maximum Gasteiger partial charge on any atom is 0.269 e. The normalized spacial score (nSPS) is 11.3. The van der Waals surface area contributed by atoms with Gasteiger partial charge in [0.05, 0.1) is 0 Å². The summed E-state index contributed by atoms with van der Waals surface area (Å²) in [5, 5.41) is 19.5. The Hall–Kier alpha value is -1.69. The first kappa shape index (κ1) is 14.4. The second kappa shape index (κ2) is 6.30. The maximum absolute atomic E-state index is 10.8. The molecule has 0 fully saturated rings. The lowest BCUT2D eigenvalue weighted by atomic mass is 9.88. The summed E-state index contributed by atoms with van der Waals surface area (Å²) in [5.41, 5.74) is 5.29. The lowest BCUT2D eigenvalue weighted by Crippen LogP contribution is -2.24. The zero-order valence-electron chi connectivity index (χ0n) is 10.8. The summed E-state index contributed by atoms with van der Waals surface area (Å²) in [5.74, 6) is 0.0226. The molecule has 100 valence electrons. The third-order valence-corrected chi connectivity index (χ3v) is 2.68. The van der Waals surface area contributed by atoms with E-state index in [1.165, 1.54) is 0 Å². The number of amides is 1. The number of carbonyl (C=O) groups is 1. The minimum Gasteiger partial charge on any atom is -0.396 e. The fraction of sp³-hybridized carbons (Fsp3) is 0.583. The van der Waals surface area contributed by atoms with Crippen LogP contribution in [0.3, 0.4) is 0 Å². The van der Waals surface area contributed by atoms with Crippen LogP contribution in [-0.4, -0.2) is 34.4 Å². The van der Waals surface area contributed by atoms with Crippen LogP contribution in [0.4, 0.5) is 5.82 Å². The first-order valence-electron chi connectivity index (χ1n) is 5.93. The number of rotatable bonds is 7. The Bertz CT molecular complexity index is 390. The fourth-order valence-electron chi connectivity index (χ4n) is 1.53. The number of hydrogen-bond acceptors (Lipinski definition) is 5. The highest BCUT2D eigenvalue weighted by Gasteiger charge is 2.17. The maximum atomic E-state index is 10.8. The van der Waals surface area contributed by atoms with Crippen molar-refractivity contribution in [1.82, 2.24) is 10.2 Å². The minimum absolute atomic E-state index is 0.0623. The topological polar surface area (TPSA) is 101 Å². The van der Waals surface area contributed by atoms with Gasteiger partial charge in [0.1, 0.15) is 5.82 Å². The van der Waals surface area contributed by atoms with Gasteiger partial charge >= 0.3 is 0 Å². The molecule has 1 heterocycles. The third-order valence-electron chi connectivity index (χ3n) is 2.68. The number of nitrogens with two attached hydrogens (primary N) is 1. The molecule has 6 nitrogen and oxygen atoms in total. The van der Waals surface area contributed by atoms with Gasteiger partial charge in [-0.15, -0.1) is 10.2 Å². The lowest BCUT2D eigenvalue weighted by molar-refractivity contribution is 0.0994. The zero-order chi connectivity index (χ0) is 13.6. The SMILES string of the molecule is CC(C)(CCCO)CNc1ccc(C(N)=O)nn1. The van der Waals surface area contributed by atoms with E-state index in [1.807, 2.05) is 0 Å². The van der Waals surface area contributed by atoms with Crippen LogP contribution in [-0.2, 0) is 0 Å². The van der Waals surface area contributed by atoms with Crippen LogP contribution in [0.25, 0.3) is 0 Å². The van der Waals surface area contributed by atoms with Crippen molar-refractivity contribution in [3.8, 4) is 0 Å². The molecule has 1 rings (SSSR count). The molecule has 0 aliphatic heterocycles. The smallest absolute Gasteiger partial charge is 0.269 e. The predicted molar refractivity (Wildman–Crippen MR) is 69.1 cm³/mol. The number of anilines is 1. The van der Waals surface area contributed by atoms with Crippen LogP contribution in [0.1, 0.15) is 37.2 Å². The average molecular weight is 252 g/mol. The van der Waals surface area contributed by atoms with Gasteiger partial charge in [-0.05, 0) is 30.4 Å². The van der Waals surface area contributed by atoms with E-state index in [-0.39, 0.29) is 17.7 Å². The van der Waals surface area contributed by atoms with Gasteiger partial charge in [0.15, 0.2) is 5.69 Å². The molecule has 0 saturated carbocycles. The molecule has 0 atom stereocenters. The van der Waals surface area contributed by atoms with Crippen LogP contribution in [0.2, 0.25) is 0 Å². The molecule has 1 aromatic rings. The van der Waals surface area contributed by atoms with Gasteiger partial charge in [0.2, 0.25) is 0 Å². The average Bonchev–Trinajstić information content (AvgIpc) is 2.35. The molecule has 18 heavy (non-hydrogen) atoms. The number of aliphatic hydroxyl groups is 1. The first-order chi connectivity index (χ1) is 8.44. The van der Waals surface area contributed by atoms with E-state index in [4.69, 9.17) is 10.8 Å². The highest BCUT2D eigenvalue weighted by atomic mass is 16.2. The number of carbonyl (C=O) groups excluding carboxylic acids is 1. The zero-order valence-corrected chi connectivity index (χ0v) is 10.8. The van der Waals surface area contributed by atoms with Crippen LogP contribution in [0.5, 0.6) is 0 Å². The molecule has 4 N–H and O–H groups in total. The van der Waals surface area contributed by atoms with Crippen molar-refractivity contribution in [2.24, 2.45) is 11.1 Å². The Morgan fingerprint density at radius 2 is 2.17 bits per heavy atom. The molecule has 0 aromatic carbocycles. The molecule has 0 radical (unpaired) electrons. The van der Waals surface area contributed by atoms with E-state index in [1.54, 1.807) is 12.1 Å². The number of hydrogen-bond donors (Lipinski definition) is 3. The number of aromatic nitrogens is 2. The number of nitrogens with one attached hydrogen (secondary N) is 1. The largest absolute Gasteiger partial charge is 0.396 e. The van der Waals surface area contributed by atoms with Crippen LogP contribution >= 0.6 is 0 Å². The summed E-state index contributed by atoms with van der Waals surface area (Å²) in [4.78, 5) is 10.8. The van der Waals surface area contributed by atoms with Crippen molar-refractivity contribution in [1.29, 1.82) is 0 Å². The highest BCUT2D eigenvalue weighted by molar-refractivity contribution is 5.90. The highest BCUT2D eigenvalue weighted by Crippen LogP contribution is 2.22. The number of primary amides is 1. The molecule has 0 aliphatic rings. The molecule has 6 heteroatoms. The predicted octanol–water partition coefficient (Wildman–Crippen LogP) is 0.786. The van der Waals surface area contributed by atoms with E-state index in [9.17, 15) is 4.79 Å². The molecular weight excluding hydrogens is 232 g/mol. The minimum atomic E-state index is -0.586. The second-order valence-corrected chi connectivity index (χ2v) is 5.01. The summed E-state index contributed by atoms with van der Waals surface area (Å²) in [6, 6.07) is 3.22. The van der Waals surface area contributed by atoms with Gasteiger partial charge in [-0.3, -0.25) is 4.79 Å². The van der Waals surface area contributed by atoms with Crippen molar-refractivity contribution >= 4 is 11.7 Å². The van der Waals surface area contributed by atoms with Crippen LogP contribution in [0, 0.1) is 5.41 Å². The Morgan fingerprint density at radius 3 is 2.67 bits per heavy atom. The molecule has 0 spiro atoms. The van der Waals surface area contributed by atoms with E-state index >= 15 is 0 Å². The van der Waals surface area contributed by atoms with Gasteiger partial charge in [-0.1, -0.05) is 13.8 Å². The van der Waals surface area contributed by atoms with Crippen molar-refractivity contribution in [3.05, 3.63) is 17.8 Å². The van der Waals surface area contributed by atoms with Gasteiger partial charge in [0, 0.05) is 13.2 Å². The second-order valence-electron chi connectivity index (χ2n) is 5.01. The summed E-state index contributed by atoms with van der Waals surface area (Å²) in [7, 11) is 0. The van der Waals surface area contributed by atoms with Crippen molar-refractivity contribution < 1.29 is 9.90 Å². The summed E-state index contributed by atoms with van der Waals surface area (Å²) in [6.07, 6.45) is 1.70. The molecule has 0 unspecified atom stereocenters. The van der Waals surface area contributed by atoms with Gasteiger partial charge in [-0.2, -0.15) is 0 Å². The van der Waals surface area contributed by atoms with Gasteiger partial charge in [-0.25, -0.2) is 0 Å². The molecule has 0 saturated heterocycles. The van der Waals surface area contributed by atoms with Crippen molar-refractivity contribution in [3.63, 3.8) is 0 Å². The van der Waals surface area contributed by atoms with Gasteiger partial charge < -0.3 is 16.2 Å². The Kier molecular flexibility index (Phi) is 5.03. The number of aliphatic hydroxyl groups excluding tert-OH is 1. The third kappa shape index (κ3) is 4.67. The molecular formula is C12H20N4O2. The Labute approximate surface area is 107 Å². The molecule has 0 aliphatic carbocycles. The van der Waals surface area contributed by atoms with Crippen LogP contribution in [0.15, 0.2) is 12.1 Å². The van der Waals surface area contributed by atoms with E-state index in [0.29, 0.717) is 5.82 Å². The summed E-state index contributed by atoms with van der Waals surface area (Å²) >= 11 is 0. The lowest BCUT2D eigenvalue weighted by Gasteiger charge is -2.24. The Morgan fingerprint density at radius 1 is 1.44 bits per heavy atom. The monoisotopic (exact) mass is 252 g/mol. The first-order valence-corrected chi connectivity index (χ1v) is 5.93. The van der Waals surface area contributed by atoms with E-state index in [2.05, 4.69) is 29.4 Å². The molecule has 1 amide bonds. The fourth-order valence-corrected chi connectivity index (χ4v) is 1.53. The molecule has 0 bridgehead atoms. The van der Waals surface area contributed by atoms with E-state index in [0.717, 1.165) is 19.4 Å². The van der Waals surface area contributed by atoms with Crippen molar-refractivity contribution in [2.45, 2.75) is 26.7 Å². The summed E-state index contributed by atoms with van der Waals surface area (Å²) in [6.45, 7) is 5.15. The number of nitrogens with zero attached hydrogens (tertiary/aromatic N) is 2. The summed E-state index contributed by atoms with van der Waals surface area (Å²) < 4.78 is 0. The van der Waals surface area contributed by atoms with E-state index < -0.39 is 5.91 Å². The van der Waals surface area contributed by atoms with Crippen LogP contribution < -0.4 is 11.1 Å². The molecule has 1 aromatic heterocycles. The quantitative estimate of drug-likeness (QED) is 0.666.